The van der Waals surface area contributed by atoms with Gasteiger partial charge in [-0.3, -0.25) is 4.79 Å². The van der Waals surface area contributed by atoms with Crippen LogP contribution in [0.25, 0.3) is 0 Å². The van der Waals surface area contributed by atoms with E-state index in [1.54, 1.807) is 6.33 Å². The van der Waals surface area contributed by atoms with E-state index in [0.29, 0.717) is 36.6 Å². The molecule has 0 spiro atoms. The standard InChI is InChI=1S/C25H34ClN5O.2ClH/c1-16(2)27-13-21(19-6-8-20(26)9-7-19)25(32)30-11-12-31(18(4)14-30)24-23-17(3)5-10-22(23)28-15-29-24;;/h6-9,15-18,21,27H,5,10-14H2,1-4H3;2*1H/t17-,18-,21-;;/m1../s1. The van der Waals surface area contributed by atoms with Gasteiger partial charge < -0.3 is 15.1 Å². The molecule has 2 heterocycles. The lowest BCUT2D eigenvalue weighted by Crippen LogP contribution is -2.55. The van der Waals surface area contributed by atoms with E-state index >= 15 is 0 Å². The molecule has 0 bridgehead atoms. The van der Waals surface area contributed by atoms with Crippen LogP contribution in [0.2, 0.25) is 5.02 Å². The Hall–Kier alpha value is -1.60. The molecule has 3 atom stereocenters. The molecular formula is C25H36Cl3N5O. The molecule has 1 aromatic carbocycles. The second-order valence-corrected chi connectivity index (χ2v) is 9.93. The van der Waals surface area contributed by atoms with Crippen LogP contribution in [0.1, 0.15) is 62.8 Å². The highest BCUT2D eigenvalue weighted by molar-refractivity contribution is 6.30. The number of nitrogens with one attached hydrogen (secondary N) is 1. The first-order chi connectivity index (χ1) is 15.3. The minimum atomic E-state index is -0.225. The number of amides is 1. The molecule has 0 saturated carbocycles. The highest BCUT2D eigenvalue weighted by atomic mass is 35.5. The van der Waals surface area contributed by atoms with Crippen LogP contribution in [-0.2, 0) is 11.2 Å². The number of carbonyl (C=O) groups is 1. The van der Waals surface area contributed by atoms with Gasteiger partial charge in [-0.1, -0.05) is 44.5 Å². The summed E-state index contributed by atoms with van der Waals surface area (Å²) in [7, 11) is 0. The van der Waals surface area contributed by atoms with Crippen molar-refractivity contribution < 1.29 is 4.79 Å². The van der Waals surface area contributed by atoms with Crippen molar-refractivity contribution in [1.82, 2.24) is 20.2 Å². The van der Waals surface area contributed by atoms with Crippen molar-refractivity contribution in [2.45, 2.75) is 64.5 Å². The number of benzene rings is 1. The zero-order chi connectivity index (χ0) is 22.8. The number of fused-ring (bicyclic) bond motifs is 1. The van der Waals surface area contributed by atoms with Crippen LogP contribution >= 0.6 is 36.4 Å². The maximum atomic E-state index is 13.6. The molecular weight excluding hydrogens is 493 g/mol. The van der Waals surface area contributed by atoms with Gasteiger partial charge in [0.2, 0.25) is 5.91 Å². The van der Waals surface area contributed by atoms with E-state index in [1.807, 2.05) is 29.2 Å². The number of hydrogen-bond donors (Lipinski definition) is 1. The Morgan fingerprint density at radius 3 is 2.50 bits per heavy atom. The third-order valence-electron chi connectivity index (χ3n) is 6.76. The molecule has 2 aromatic rings. The third kappa shape index (κ3) is 6.14. The summed E-state index contributed by atoms with van der Waals surface area (Å²) in [5.41, 5.74) is 3.50. The Bertz CT molecular complexity index is 956. The second-order valence-electron chi connectivity index (χ2n) is 9.49. The largest absolute Gasteiger partial charge is 0.350 e. The number of carbonyl (C=O) groups excluding carboxylic acids is 1. The second kappa shape index (κ2) is 12.4. The first-order valence-electron chi connectivity index (χ1n) is 11.7. The monoisotopic (exact) mass is 527 g/mol. The fourth-order valence-electron chi connectivity index (χ4n) is 4.94. The number of anilines is 1. The van der Waals surface area contributed by atoms with Gasteiger partial charge in [-0.05, 0) is 43.4 Å². The van der Waals surface area contributed by atoms with Crippen molar-refractivity contribution in [3.05, 3.63) is 52.4 Å². The summed E-state index contributed by atoms with van der Waals surface area (Å²) in [5, 5.41) is 4.14. The topological polar surface area (TPSA) is 61.4 Å². The first kappa shape index (κ1) is 28.6. The van der Waals surface area contributed by atoms with E-state index in [1.165, 1.54) is 11.3 Å². The molecule has 1 N–H and O–H groups in total. The van der Waals surface area contributed by atoms with Gasteiger partial charge in [0.1, 0.15) is 12.1 Å². The van der Waals surface area contributed by atoms with Gasteiger partial charge in [-0.15, -0.1) is 24.8 Å². The number of aromatic nitrogens is 2. The lowest BCUT2D eigenvalue weighted by Gasteiger charge is -2.42. The van der Waals surface area contributed by atoms with Crippen LogP contribution in [0.3, 0.4) is 0 Å². The number of piperazine rings is 1. The Kier molecular flexibility index (Phi) is 10.4. The molecule has 0 unspecified atom stereocenters. The molecule has 0 radical (unpaired) electrons. The van der Waals surface area contributed by atoms with Gasteiger partial charge in [0, 0.05) is 54.5 Å². The summed E-state index contributed by atoms with van der Waals surface area (Å²) in [5.74, 6) is 1.50. The third-order valence-corrected chi connectivity index (χ3v) is 7.02. The van der Waals surface area contributed by atoms with Crippen molar-refractivity contribution in [2.75, 3.05) is 31.1 Å². The summed E-state index contributed by atoms with van der Waals surface area (Å²) < 4.78 is 0. The number of hydrogen-bond acceptors (Lipinski definition) is 5. The van der Waals surface area contributed by atoms with E-state index in [4.69, 9.17) is 11.6 Å². The normalized spacial score (nSPS) is 20.4. The molecule has 34 heavy (non-hydrogen) atoms. The first-order valence-corrected chi connectivity index (χ1v) is 12.1. The van der Waals surface area contributed by atoms with Crippen molar-refractivity contribution in [2.24, 2.45) is 0 Å². The fraction of sp³-hybridized carbons (Fsp3) is 0.560. The van der Waals surface area contributed by atoms with Crippen LogP contribution in [0.5, 0.6) is 0 Å². The minimum absolute atomic E-state index is 0. The lowest BCUT2D eigenvalue weighted by molar-refractivity contribution is -0.133. The van der Waals surface area contributed by atoms with Gasteiger partial charge in [0.05, 0.1) is 5.92 Å². The zero-order valence-electron chi connectivity index (χ0n) is 20.3. The molecule has 1 aliphatic carbocycles. The molecule has 188 valence electrons. The number of halogens is 3. The van der Waals surface area contributed by atoms with Crippen molar-refractivity contribution in [1.29, 1.82) is 0 Å². The zero-order valence-corrected chi connectivity index (χ0v) is 22.7. The Morgan fingerprint density at radius 2 is 1.85 bits per heavy atom. The number of aryl methyl sites for hydroxylation is 1. The molecule has 1 aliphatic heterocycles. The van der Waals surface area contributed by atoms with Crippen molar-refractivity contribution in [3.8, 4) is 0 Å². The fourth-order valence-corrected chi connectivity index (χ4v) is 5.07. The summed E-state index contributed by atoms with van der Waals surface area (Å²) in [6.07, 6.45) is 3.87. The quantitative estimate of drug-likeness (QED) is 0.581. The minimum Gasteiger partial charge on any atom is -0.350 e. The van der Waals surface area contributed by atoms with Crippen LogP contribution in [0.4, 0.5) is 5.82 Å². The van der Waals surface area contributed by atoms with E-state index < -0.39 is 0 Å². The summed E-state index contributed by atoms with van der Waals surface area (Å²) >= 11 is 6.09. The van der Waals surface area contributed by atoms with E-state index in [0.717, 1.165) is 30.8 Å². The molecule has 1 aromatic heterocycles. The average Bonchev–Trinajstić information content (AvgIpc) is 3.16. The maximum absolute atomic E-state index is 13.6. The summed E-state index contributed by atoms with van der Waals surface area (Å²) in [6, 6.07) is 8.18. The average molecular weight is 529 g/mol. The Labute approximate surface area is 220 Å². The Morgan fingerprint density at radius 1 is 1.15 bits per heavy atom. The molecule has 1 saturated heterocycles. The van der Waals surface area contributed by atoms with Crippen LogP contribution < -0.4 is 10.2 Å². The number of nitrogens with zero attached hydrogens (tertiary/aromatic N) is 4. The van der Waals surface area contributed by atoms with Crippen LogP contribution in [-0.4, -0.2) is 59.0 Å². The molecule has 4 rings (SSSR count). The van der Waals surface area contributed by atoms with E-state index in [9.17, 15) is 4.79 Å². The highest BCUT2D eigenvalue weighted by Crippen LogP contribution is 2.38. The molecule has 9 heteroatoms. The molecule has 1 fully saturated rings. The summed E-state index contributed by atoms with van der Waals surface area (Å²) in [6.45, 7) is 11.5. The SMILES string of the molecule is CC(C)NC[C@@H](C(=O)N1CCN(c2ncnc3c2[C@H](C)CC3)[C@H](C)C1)c1ccc(Cl)cc1.Cl.Cl. The van der Waals surface area contributed by atoms with Gasteiger partial charge in [-0.2, -0.15) is 0 Å². The highest BCUT2D eigenvalue weighted by Gasteiger charge is 2.35. The van der Waals surface area contributed by atoms with Gasteiger partial charge in [-0.25, -0.2) is 9.97 Å². The molecule has 1 amide bonds. The predicted octanol–water partition coefficient (Wildman–Crippen LogP) is 4.84. The number of rotatable bonds is 6. The van der Waals surface area contributed by atoms with Gasteiger partial charge in [0.15, 0.2) is 0 Å². The van der Waals surface area contributed by atoms with Crippen LogP contribution in [0.15, 0.2) is 30.6 Å². The Balaban J connectivity index is 0.00000204. The van der Waals surface area contributed by atoms with Crippen LogP contribution in [0, 0.1) is 0 Å². The van der Waals surface area contributed by atoms with Gasteiger partial charge >= 0.3 is 0 Å². The van der Waals surface area contributed by atoms with E-state index in [2.05, 4.69) is 47.9 Å². The lowest BCUT2D eigenvalue weighted by atomic mass is 9.96. The van der Waals surface area contributed by atoms with E-state index in [-0.39, 0.29) is 42.7 Å². The predicted molar refractivity (Wildman–Crippen MR) is 144 cm³/mol. The maximum Gasteiger partial charge on any atom is 0.231 e. The smallest absolute Gasteiger partial charge is 0.231 e. The van der Waals surface area contributed by atoms with Crippen molar-refractivity contribution >= 4 is 48.1 Å². The van der Waals surface area contributed by atoms with Crippen molar-refractivity contribution in [3.63, 3.8) is 0 Å². The van der Waals surface area contributed by atoms with Gasteiger partial charge in [0.25, 0.3) is 0 Å². The molecule has 6 nitrogen and oxygen atoms in total. The summed E-state index contributed by atoms with van der Waals surface area (Å²) in [4.78, 5) is 27.2. The molecule has 2 aliphatic rings.